The zero-order valence-electron chi connectivity index (χ0n) is 27.1. The first kappa shape index (κ1) is 31.0. The maximum atomic E-state index is 11.3. The smallest absolute Gasteiger partial charge is 0.333 e. The quantitative estimate of drug-likeness (QED) is 0.126. The fraction of sp³-hybridized carbons (Fsp3) is 0.143. The molecule has 1 aliphatic carbocycles. The summed E-state index contributed by atoms with van der Waals surface area (Å²) in [5.41, 5.74) is 11.7. The number of carbonyl (C=O) groups is 1. The number of hydrogen-bond acceptors (Lipinski definition) is 3. The Morgan fingerprint density at radius 2 is 1.40 bits per heavy atom. The van der Waals surface area contributed by atoms with E-state index in [2.05, 4.69) is 144 Å². The third-order valence-corrected chi connectivity index (χ3v) is 10.8. The second-order valence-electron chi connectivity index (χ2n) is 12.1. The normalized spacial score (nSPS) is 13.1. The van der Waals surface area contributed by atoms with Crippen LogP contribution < -0.4 is 4.90 Å². The Bertz CT molecular complexity index is 2180. The molecule has 0 unspecified atom stereocenters. The molecule has 2 aromatic heterocycles. The molecule has 0 saturated heterocycles. The van der Waals surface area contributed by atoms with Crippen LogP contribution in [0.3, 0.4) is 0 Å². The van der Waals surface area contributed by atoms with Crippen molar-refractivity contribution in [3.63, 3.8) is 0 Å². The summed E-state index contributed by atoms with van der Waals surface area (Å²) in [6.07, 6.45) is 3.41. The zero-order valence-corrected chi connectivity index (χ0v) is 28.0. The highest BCUT2D eigenvalue weighted by Gasteiger charge is 2.41. The van der Waals surface area contributed by atoms with E-state index in [0.717, 1.165) is 56.6 Å². The average molecular weight is 646 g/mol. The Hall–Kier alpha value is -5.64. The Morgan fingerprint density at radius 1 is 0.792 bits per heavy atom. The molecular weight excluding hydrogens is 611 g/mol. The standard InChI is InChI=1S/C42H35N3O2S/c1-5-42(6-2)35-25-28(38-22-23-39(44(38)4)40-24-19-32(48-40)27-37(43-3)41(46)47)17-20-33(35)34-21-18-31(26-36(34)42)45(29-13-9-7-10-14-29)30-15-11-8-12-16-30/h7-27H,5-6H2,1-2,4H3,(H,46,47)/b37-27-. The molecule has 7 rings (SSSR count). The fourth-order valence-corrected chi connectivity index (χ4v) is 8.29. The monoisotopic (exact) mass is 645 g/mol. The van der Waals surface area contributed by atoms with Gasteiger partial charge >= 0.3 is 5.97 Å². The molecule has 0 saturated carbocycles. The van der Waals surface area contributed by atoms with Crippen LogP contribution in [0, 0.1) is 6.57 Å². The zero-order chi connectivity index (χ0) is 33.4. The van der Waals surface area contributed by atoms with Gasteiger partial charge in [-0.1, -0.05) is 68.4 Å². The van der Waals surface area contributed by atoms with Gasteiger partial charge in [0.15, 0.2) is 0 Å². The first-order valence-electron chi connectivity index (χ1n) is 16.2. The molecule has 0 fully saturated rings. The molecule has 0 spiro atoms. The predicted molar refractivity (Wildman–Crippen MR) is 198 cm³/mol. The number of hydrogen-bond donors (Lipinski definition) is 1. The Balaban J connectivity index is 1.28. The summed E-state index contributed by atoms with van der Waals surface area (Å²) in [6.45, 7) is 11.8. The minimum atomic E-state index is -1.21. The number of benzene rings is 4. The third kappa shape index (κ3) is 5.13. The number of carboxylic acid groups (broad SMARTS) is 1. The molecule has 1 N–H and O–H groups in total. The summed E-state index contributed by atoms with van der Waals surface area (Å²) in [5, 5.41) is 9.28. The Kier molecular flexibility index (Phi) is 8.08. The van der Waals surface area contributed by atoms with Gasteiger partial charge in [0, 0.05) is 40.1 Å². The van der Waals surface area contributed by atoms with E-state index in [0.29, 0.717) is 0 Å². The largest absolute Gasteiger partial charge is 0.486 e. The molecule has 6 aromatic rings. The van der Waals surface area contributed by atoms with Crippen LogP contribution in [0.4, 0.5) is 17.1 Å². The van der Waals surface area contributed by atoms with E-state index in [1.165, 1.54) is 39.7 Å². The highest BCUT2D eigenvalue weighted by Crippen LogP contribution is 2.55. The van der Waals surface area contributed by atoms with Crippen molar-refractivity contribution in [3.05, 3.63) is 154 Å². The summed E-state index contributed by atoms with van der Waals surface area (Å²) < 4.78 is 2.20. The van der Waals surface area contributed by atoms with Crippen LogP contribution in [0.25, 0.3) is 43.9 Å². The number of carboxylic acids is 1. The predicted octanol–water partition coefficient (Wildman–Crippen LogP) is 11.3. The van der Waals surface area contributed by atoms with Gasteiger partial charge in [-0.3, -0.25) is 4.79 Å². The number of nitrogens with zero attached hydrogens (tertiary/aromatic N) is 3. The van der Waals surface area contributed by atoms with Crippen LogP contribution in [0.1, 0.15) is 42.7 Å². The van der Waals surface area contributed by atoms with Crippen molar-refractivity contribution in [1.82, 2.24) is 4.57 Å². The van der Waals surface area contributed by atoms with Gasteiger partial charge in [-0.2, -0.15) is 0 Å². The third-order valence-electron chi connectivity index (χ3n) is 9.75. The van der Waals surface area contributed by atoms with Crippen molar-refractivity contribution in [3.8, 4) is 33.0 Å². The lowest BCUT2D eigenvalue weighted by atomic mass is 9.73. The molecule has 0 radical (unpaired) electrons. The number of para-hydroxylation sites is 2. The highest BCUT2D eigenvalue weighted by atomic mass is 32.1. The van der Waals surface area contributed by atoms with E-state index in [-0.39, 0.29) is 11.1 Å². The minimum absolute atomic E-state index is 0.122. The topological polar surface area (TPSA) is 49.8 Å². The van der Waals surface area contributed by atoms with E-state index in [1.54, 1.807) is 0 Å². The lowest BCUT2D eigenvalue weighted by molar-refractivity contribution is -0.132. The van der Waals surface area contributed by atoms with Gasteiger partial charge in [0.25, 0.3) is 5.70 Å². The maximum Gasteiger partial charge on any atom is 0.333 e. The maximum absolute atomic E-state index is 11.3. The van der Waals surface area contributed by atoms with Crippen molar-refractivity contribution in [1.29, 1.82) is 0 Å². The Morgan fingerprint density at radius 3 is 2.00 bits per heavy atom. The van der Waals surface area contributed by atoms with Crippen molar-refractivity contribution >= 4 is 40.4 Å². The van der Waals surface area contributed by atoms with Crippen molar-refractivity contribution in [2.45, 2.75) is 32.1 Å². The first-order chi connectivity index (χ1) is 23.4. The van der Waals surface area contributed by atoms with Crippen LogP contribution in [-0.2, 0) is 17.3 Å². The second-order valence-corrected chi connectivity index (χ2v) is 13.2. The summed E-state index contributed by atoms with van der Waals surface area (Å²) in [4.78, 5) is 18.6. The first-order valence-corrected chi connectivity index (χ1v) is 17.0. The summed E-state index contributed by atoms with van der Waals surface area (Å²) in [5.74, 6) is -1.21. The number of rotatable bonds is 9. The number of fused-ring (bicyclic) bond motifs is 3. The van der Waals surface area contributed by atoms with Crippen molar-refractivity contribution in [2.75, 3.05) is 4.90 Å². The lowest BCUT2D eigenvalue weighted by Crippen LogP contribution is -2.23. The van der Waals surface area contributed by atoms with Crippen molar-refractivity contribution in [2.24, 2.45) is 7.05 Å². The lowest BCUT2D eigenvalue weighted by Gasteiger charge is -2.32. The molecule has 4 aromatic carbocycles. The van der Waals surface area contributed by atoms with Gasteiger partial charge in [0.05, 0.1) is 17.1 Å². The molecule has 0 atom stereocenters. The van der Waals surface area contributed by atoms with Gasteiger partial charge in [-0.05, 0) is 113 Å². The van der Waals surface area contributed by atoms with Gasteiger partial charge in [-0.25, -0.2) is 4.85 Å². The molecule has 2 heterocycles. The molecule has 0 amide bonds. The number of anilines is 3. The van der Waals surface area contributed by atoms with E-state index >= 15 is 0 Å². The second kappa shape index (κ2) is 12.5. The molecule has 6 heteroatoms. The van der Waals surface area contributed by atoms with E-state index in [1.807, 2.05) is 12.1 Å². The van der Waals surface area contributed by atoms with Crippen LogP contribution in [0.15, 0.2) is 127 Å². The van der Waals surface area contributed by atoms with Crippen molar-refractivity contribution < 1.29 is 9.90 Å². The highest BCUT2D eigenvalue weighted by molar-refractivity contribution is 7.16. The molecule has 0 bridgehead atoms. The van der Waals surface area contributed by atoms with Gasteiger partial charge in [0.1, 0.15) is 0 Å². The SMILES string of the molecule is [C-]#[N+]/C(=C\c1ccc(-c2ccc(-c3ccc4c(c3)C(CC)(CC)c3cc(N(c5ccccc5)c5ccccc5)ccc3-4)n2C)s1)C(=O)O. The van der Waals surface area contributed by atoms with Crippen LogP contribution in [0.5, 0.6) is 0 Å². The fourth-order valence-electron chi connectivity index (χ4n) is 7.29. The van der Waals surface area contributed by atoms with Gasteiger partial charge in [0.2, 0.25) is 0 Å². The molecule has 236 valence electrons. The van der Waals surface area contributed by atoms with Gasteiger partial charge < -0.3 is 14.6 Å². The summed E-state index contributed by atoms with van der Waals surface area (Å²) in [6, 6.07) is 43.2. The number of thiophene rings is 1. The van der Waals surface area contributed by atoms with E-state index in [4.69, 9.17) is 6.57 Å². The van der Waals surface area contributed by atoms with Crippen LogP contribution in [0.2, 0.25) is 0 Å². The summed E-state index contributed by atoms with van der Waals surface area (Å²) in [7, 11) is 2.07. The van der Waals surface area contributed by atoms with E-state index < -0.39 is 5.97 Å². The molecule has 0 aliphatic heterocycles. The minimum Gasteiger partial charge on any atom is -0.486 e. The number of aromatic nitrogens is 1. The molecular formula is C42H35N3O2S. The number of aliphatic carboxylic acids is 1. The van der Waals surface area contributed by atoms with Crippen LogP contribution in [-0.4, -0.2) is 15.6 Å². The molecule has 1 aliphatic rings. The van der Waals surface area contributed by atoms with E-state index in [9.17, 15) is 9.90 Å². The average Bonchev–Trinajstić information content (AvgIpc) is 3.82. The Labute approximate surface area is 285 Å². The molecule has 5 nitrogen and oxygen atoms in total. The van der Waals surface area contributed by atoms with Crippen LogP contribution >= 0.6 is 11.3 Å². The van der Waals surface area contributed by atoms with Gasteiger partial charge in [-0.15, -0.1) is 11.3 Å². The molecule has 48 heavy (non-hydrogen) atoms. The summed E-state index contributed by atoms with van der Waals surface area (Å²) >= 11 is 1.48.